The van der Waals surface area contributed by atoms with Gasteiger partial charge in [0, 0.05) is 38.8 Å². The summed E-state index contributed by atoms with van der Waals surface area (Å²) in [6.07, 6.45) is 1.59. The lowest BCUT2D eigenvalue weighted by molar-refractivity contribution is -0.129. The normalized spacial score (nSPS) is 14.3. The molecule has 1 fully saturated rings. The Bertz CT molecular complexity index is 1020. The number of hydrogen-bond donors (Lipinski definition) is 0. The highest BCUT2D eigenvalue weighted by atomic mass is 32.2. The number of thioether (sulfide) groups is 1. The van der Waals surface area contributed by atoms with Crippen molar-refractivity contribution in [2.24, 2.45) is 0 Å². The number of aromatic nitrogens is 4. The van der Waals surface area contributed by atoms with Gasteiger partial charge in [-0.05, 0) is 26.0 Å². The Labute approximate surface area is 177 Å². The Kier molecular flexibility index (Phi) is 5.88. The highest BCUT2D eigenvalue weighted by molar-refractivity contribution is 7.99. The van der Waals surface area contributed by atoms with E-state index in [2.05, 4.69) is 15.4 Å². The second kappa shape index (κ2) is 8.74. The molecular formula is C19H22N6O4S. The van der Waals surface area contributed by atoms with Crippen LogP contribution in [0.4, 0.5) is 0 Å². The first kappa shape index (κ1) is 20.2. The van der Waals surface area contributed by atoms with Crippen LogP contribution in [0, 0.1) is 6.92 Å². The third-order valence-electron chi connectivity index (χ3n) is 4.86. The zero-order chi connectivity index (χ0) is 21.1. The van der Waals surface area contributed by atoms with Crippen molar-refractivity contribution in [3.63, 3.8) is 0 Å². The van der Waals surface area contributed by atoms with Crippen molar-refractivity contribution in [2.45, 2.75) is 25.5 Å². The highest BCUT2D eigenvalue weighted by Crippen LogP contribution is 2.24. The number of aryl methyl sites for hydroxylation is 1. The van der Waals surface area contributed by atoms with Gasteiger partial charge in [0.25, 0.3) is 5.91 Å². The van der Waals surface area contributed by atoms with Gasteiger partial charge in [-0.3, -0.25) is 14.2 Å². The molecule has 0 aliphatic carbocycles. The molecule has 4 rings (SSSR count). The summed E-state index contributed by atoms with van der Waals surface area (Å²) in [5.74, 6) is 1.59. The third-order valence-corrected chi connectivity index (χ3v) is 5.81. The van der Waals surface area contributed by atoms with E-state index in [9.17, 15) is 9.59 Å². The molecular weight excluding hydrogens is 408 g/mol. The van der Waals surface area contributed by atoms with E-state index < -0.39 is 0 Å². The molecule has 4 heterocycles. The lowest BCUT2D eigenvalue weighted by atomic mass is 10.2. The molecule has 0 N–H and O–H groups in total. The maximum absolute atomic E-state index is 12.7. The number of amides is 2. The first-order valence-electron chi connectivity index (χ1n) is 9.67. The number of carbonyl (C=O) groups is 2. The van der Waals surface area contributed by atoms with Gasteiger partial charge in [-0.25, -0.2) is 0 Å². The number of rotatable bonds is 6. The molecule has 0 atom stereocenters. The summed E-state index contributed by atoms with van der Waals surface area (Å²) >= 11 is 1.35. The van der Waals surface area contributed by atoms with E-state index in [1.165, 1.54) is 11.8 Å². The van der Waals surface area contributed by atoms with E-state index >= 15 is 0 Å². The number of carbonyl (C=O) groups excluding carboxylic acids is 2. The molecule has 0 aromatic carbocycles. The standard InChI is InChI=1S/C19H22N6O4S/c1-3-25-17(14-5-4-10-28-14)20-21-19(25)30-12-16(26)23-6-8-24(9-7-23)18(27)15-11-13(2)22-29-15/h4-5,10-11H,3,6-9,12H2,1-2H3. The predicted octanol–water partition coefficient (Wildman–Crippen LogP) is 1.93. The van der Waals surface area contributed by atoms with Gasteiger partial charge in [-0.15, -0.1) is 10.2 Å². The van der Waals surface area contributed by atoms with Crippen LogP contribution in [-0.2, 0) is 11.3 Å². The van der Waals surface area contributed by atoms with Crippen molar-refractivity contribution in [3.8, 4) is 11.6 Å². The molecule has 10 nitrogen and oxygen atoms in total. The number of furan rings is 1. The fraction of sp³-hybridized carbons (Fsp3) is 0.421. The van der Waals surface area contributed by atoms with Gasteiger partial charge < -0.3 is 18.7 Å². The highest BCUT2D eigenvalue weighted by Gasteiger charge is 2.27. The summed E-state index contributed by atoms with van der Waals surface area (Å²) < 4.78 is 12.4. The van der Waals surface area contributed by atoms with Crippen molar-refractivity contribution in [1.82, 2.24) is 29.7 Å². The van der Waals surface area contributed by atoms with Crippen LogP contribution in [0.1, 0.15) is 23.2 Å². The summed E-state index contributed by atoms with van der Waals surface area (Å²) in [6.45, 7) is 6.32. The number of piperazine rings is 1. The van der Waals surface area contributed by atoms with E-state index in [-0.39, 0.29) is 23.3 Å². The first-order chi connectivity index (χ1) is 14.6. The van der Waals surface area contributed by atoms with Gasteiger partial charge in [-0.2, -0.15) is 0 Å². The third kappa shape index (κ3) is 4.11. The van der Waals surface area contributed by atoms with Crippen LogP contribution in [0.2, 0.25) is 0 Å². The lowest BCUT2D eigenvalue weighted by Crippen LogP contribution is -2.51. The molecule has 11 heteroatoms. The lowest BCUT2D eigenvalue weighted by Gasteiger charge is -2.34. The topological polar surface area (TPSA) is 111 Å². The molecule has 1 saturated heterocycles. The smallest absolute Gasteiger partial charge is 0.292 e. The summed E-state index contributed by atoms with van der Waals surface area (Å²) in [4.78, 5) is 28.5. The first-order valence-corrected chi connectivity index (χ1v) is 10.7. The van der Waals surface area contributed by atoms with Crippen LogP contribution >= 0.6 is 11.8 Å². The van der Waals surface area contributed by atoms with E-state index in [0.717, 1.165) is 0 Å². The van der Waals surface area contributed by atoms with Crippen molar-refractivity contribution in [3.05, 3.63) is 35.9 Å². The summed E-state index contributed by atoms with van der Waals surface area (Å²) in [6, 6.07) is 5.25. The Morgan fingerprint density at radius 1 is 1.17 bits per heavy atom. The quantitative estimate of drug-likeness (QED) is 0.546. The Balaban J connectivity index is 1.31. The van der Waals surface area contributed by atoms with Crippen molar-refractivity contribution in [1.29, 1.82) is 0 Å². The number of hydrogen-bond acceptors (Lipinski definition) is 8. The molecule has 0 spiro atoms. The molecule has 1 aliphatic rings. The maximum atomic E-state index is 12.7. The van der Waals surface area contributed by atoms with Gasteiger partial charge in [0.2, 0.25) is 11.7 Å². The van der Waals surface area contributed by atoms with Gasteiger partial charge >= 0.3 is 0 Å². The Morgan fingerprint density at radius 2 is 1.93 bits per heavy atom. The summed E-state index contributed by atoms with van der Waals surface area (Å²) in [5, 5.41) is 12.8. The van der Waals surface area contributed by atoms with Crippen LogP contribution in [-0.4, -0.2) is 73.5 Å². The molecule has 158 valence electrons. The fourth-order valence-electron chi connectivity index (χ4n) is 3.27. The summed E-state index contributed by atoms with van der Waals surface area (Å²) in [5.41, 5.74) is 0.666. The monoisotopic (exact) mass is 430 g/mol. The van der Waals surface area contributed by atoms with E-state index in [1.54, 1.807) is 35.1 Å². The predicted molar refractivity (Wildman–Crippen MR) is 108 cm³/mol. The maximum Gasteiger partial charge on any atom is 0.292 e. The molecule has 0 unspecified atom stereocenters. The summed E-state index contributed by atoms with van der Waals surface area (Å²) in [7, 11) is 0. The Hall–Kier alpha value is -3.08. The van der Waals surface area contributed by atoms with E-state index in [1.807, 2.05) is 17.6 Å². The SMILES string of the molecule is CCn1c(SCC(=O)N2CCN(C(=O)c3cc(C)no3)CC2)nnc1-c1ccco1. The largest absolute Gasteiger partial charge is 0.461 e. The Morgan fingerprint density at radius 3 is 2.57 bits per heavy atom. The average Bonchev–Trinajstić information content (AvgIpc) is 3.51. The van der Waals surface area contributed by atoms with Crippen molar-refractivity contribution in [2.75, 3.05) is 31.9 Å². The van der Waals surface area contributed by atoms with Gasteiger partial charge in [-0.1, -0.05) is 16.9 Å². The molecule has 30 heavy (non-hydrogen) atoms. The molecule has 3 aromatic rings. The molecule has 3 aromatic heterocycles. The minimum atomic E-state index is -0.196. The molecule has 1 aliphatic heterocycles. The zero-order valence-corrected chi connectivity index (χ0v) is 17.6. The minimum Gasteiger partial charge on any atom is -0.461 e. The van der Waals surface area contributed by atoms with Crippen molar-refractivity contribution >= 4 is 23.6 Å². The molecule has 2 amide bonds. The molecule has 0 bridgehead atoms. The van der Waals surface area contributed by atoms with Crippen LogP contribution < -0.4 is 0 Å². The molecule has 0 radical (unpaired) electrons. The van der Waals surface area contributed by atoms with Gasteiger partial charge in [0.15, 0.2) is 16.7 Å². The van der Waals surface area contributed by atoms with E-state index in [0.29, 0.717) is 55.2 Å². The van der Waals surface area contributed by atoms with Crippen LogP contribution in [0.25, 0.3) is 11.6 Å². The van der Waals surface area contributed by atoms with Crippen molar-refractivity contribution < 1.29 is 18.5 Å². The van der Waals surface area contributed by atoms with Crippen LogP contribution in [0.3, 0.4) is 0 Å². The second-order valence-electron chi connectivity index (χ2n) is 6.82. The van der Waals surface area contributed by atoms with Crippen LogP contribution in [0.15, 0.2) is 38.6 Å². The van der Waals surface area contributed by atoms with Crippen LogP contribution in [0.5, 0.6) is 0 Å². The van der Waals surface area contributed by atoms with E-state index in [4.69, 9.17) is 8.94 Å². The molecule has 0 saturated carbocycles. The fourth-order valence-corrected chi connectivity index (χ4v) is 4.17. The second-order valence-corrected chi connectivity index (χ2v) is 7.76. The minimum absolute atomic E-state index is 0.00723. The number of nitrogens with zero attached hydrogens (tertiary/aromatic N) is 6. The average molecular weight is 430 g/mol. The van der Waals surface area contributed by atoms with Gasteiger partial charge in [0.05, 0.1) is 17.7 Å². The zero-order valence-electron chi connectivity index (χ0n) is 16.8. The van der Waals surface area contributed by atoms with Gasteiger partial charge in [0.1, 0.15) is 0 Å².